The summed E-state index contributed by atoms with van der Waals surface area (Å²) in [6.07, 6.45) is -2.11. The Morgan fingerprint density at radius 3 is 2.25 bits per heavy atom. The van der Waals surface area contributed by atoms with Crippen LogP contribution in [0.3, 0.4) is 0 Å². The summed E-state index contributed by atoms with van der Waals surface area (Å²) in [6.45, 7) is 2.16. The lowest BCUT2D eigenvalue weighted by Gasteiger charge is -2.21. The number of anilines is 1. The van der Waals surface area contributed by atoms with Gasteiger partial charge >= 0.3 is 23.5 Å². The van der Waals surface area contributed by atoms with Gasteiger partial charge in [0.15, 0.2) is 0 Å². The highest BCUT2D eigenvalue weighted by Gasteiger charge is 2.43. The maximum Gasteiger partial charge on any atom is 0.490 e. The molecule has 0 amide bonds. The number of benzene rings is 1. The first-order valence-corrected chi connectivity index (χ1v) is 18.1. The number of nitro groups is 2. The van der Waals surface area contributed by atoms with Crippen LogP contribution in [0.25, 0.3) is 11.0 Å². The fourth-order valence-corrected chi connectivity index (χ4v) is 8.09. The summed E-state index contributed by atoms with van der Waals surface area (Å²) in [7, 11) is -16.9. The second kappa shape index (κ2) is 14.3. The number of phosphoric ester groups is 1. The van der Waals surface area contributed by atoms with Crippen molar-refractivity contribution in [2.75, 3.05) is 12.3 Å². The number of nitro benzene ring substituents is 2. The third kappa shape index (κ3) is 8.87. The van der Waals surface area contributed by atoms with E-state index in [0.29, 0.717) is 10.9 Å². The number of aromatic nitrogens is 2. The van der Waals surface area contributed by atoms with Crippen molar-refractivity contribution in [2.45, 2.75) is 51.4 Å². The Labute approximate surface area is 269 Å². The van der Waals surface area contributed by atoms with Crippen LogP contribution in [-0.4, -0.2) is 62.9 Å². The highest BCUT2D eigenvalue weighted by molar-refractivity contribution is 7.66. The number of hydrogen-bond donors (Lipinski definition) is 6. The van der Waals surface area contributed by atoms with Gasteiger partial charge in [-0.15, -0.1) is 0 Å². The molecule has 2 aromatic heterocycles. The molecule has 1 aliphatic rings. The minimum Gasteiger partial charge on any atom is -0.398 e. The topological polar surface area (TPSA) is 329 Å². The van der Waals surface area contributed by atoms with E-state index in [2.05, 4.69) is 18.1 Å². The van der Waals surface area contributed by atoms with Crippen LogP contribution in [0.1, 0.15) is 43.7 Å². The van der Waals surface area contributed by atoms with Crippen molar-refractivity contribution in [1.82, 2.24) is 9.55 Å². The molecule has 3 unspecified atom stereocenters. The molecule has 3 aromatic rings. The molecule has 1 aromatic carbocycles. The minimum atomic E-state index is -5.76. The Morgan fingerprint density at radius 2 is 1.69 bits per heavy atom. The van der Waals surface area contributed by atoms with Crippen LogP contribution in [0, 0.1) is 26.1 Å². The number of aliphatic hydroxyl groups is 1. The van der Waals surface area contributed by atoms with Crippen molar-refractivity contribution in [3.63, 3.8) is 0 Å². The molecule has 0 spiro atoms. The van der Waals surface area contributed by atoms with Crippen LogP contribution >= 0.6 is 23.5 Å². The molecule has 25 heteroatoms. The first kappa shape index (κ1) is 37.6. The number of phosphoric acid groups is 3. The van der Waals surface area contributed by atoms with Crippen molar-refractivity contribution in [3.8, 4) is 0 Å². The van der Waals surface area contributed by atoms with Gasteiger partial charge in [-0.2, -0.15) is 8.62 Å². The van der Waals surface area contributed by atoms with Crippen LogP contribution < -0.4 is 5.73 Å². The van der Waals surface area contributed by atoms with Crippen LogP contribution in [0.4, 0.5) is 17.1 Å². The maximum atomic E-state index is 12.1. The number of nitrogens with zero attached hydrogens (tertiary/aromatic N) is 4. The lowest BCUT2D eigenvalue weighted by atomic mass is 9.95. The predicted molar refractivity (Wildman–Crippen MR) is 161 cm³/mol. The molecule has 7 N–H and O–H groups in total. The van der Waals surface area contributed by atoms with Crippen molar-refractivity contribution in [1.29, 1.82) is 0 Å². The number of pyridine rings is 1. The summed E-state index contributed by atoms with van der Waals surface area (Å²) in [5.41, 5.74) is 5.87. The van der Waals surface area contributed by atoms with Crippen molar-refractivity contribution in [2.24, 2.45) is 5.92 Å². The number of fused-ring (bicyclic) bond motifs is 1. The smallest absolute Gasteiger partial charge is 0.398 e. The second-order valence-corrected chi connectivity index (χ2v) is 15.1. The van der Waals surface area contributed by atoms with Gasteiger partial charge in [0.1, 0.15) is 23.5 Å². The van der Waals surface area contributed by atoms with Crippen molar-refractivity contribution < 1.29 is 70.8 Å². The molecule has 0 bridgehead atoms. The molecule has 264 valence electrons. The molecule has 4 rings (SSSR count). The predicted octanol–water partition coefficient (Wildman–Crippen LogP) is 3.34. The molecule has 1 saturated heterocycles. The molecule has 48 heavy (non-hydrogen) atoms. The summed E-state index contributed by atoms with van der Waals surface area (Å²) in [4.78, 5) is 62.8. The first-order valence-electron chi connectivity index (χ1n) is 13.6. The third-order valence-corrected chi connectivity index (χ3v) is 10.7. The number of rotatable bonds is 15. The van der Waals surface area contributed by atoms with Crippen LogP contribution in [0.2, 0.25) is 0 Å². The zero-order valence-corrected chi connectivity index (χ0v) is 27.5. The van der Waals surface area contributed by atoms with Crippen LogP contribution in [0.5, 0.6) is 0 Å². The molecular weight excluding hydrogens is 711 g/mol. The summed E-state index contributed by atoms with van der Waals surface area (Å²) in [5.74, 6) is -0.475. The number of nitrogen functional groups attached to an aromatic ring is 1. The summed E-state index contributed by atoms with van der Waals surface area (Å²) >= 11 is 0. The highest BCUT2D eigenvalue weighted by atomic mass is 31.3. The molecule has 3 heterocycles. The average molecular weight is 741 g/mol. The molecule has 1 fully saturated rings. The van der Waals surface area contributed by atoms with E-state index >= 15 is 0 Å². The lowest BCUT2D eigenvalue weighted by molar-refractivity contribution is -0.397. The van der Waals surface area contributed by atoms with E-state index in [0.717, 1.165) is 12.1 Å². The first-order chi connectivity index (χ1) is 22.2. The Hall–Kier alpha value is -3.20. The standard InChI is InChI=1S/C23H30N5O17P3/c1-12(2)22(21-15(27(30)31)4-3-5-16(21)28(32)33)41-10-13-9-26(23-20(13)14(24)6-7-25-23)19-8-17(29)18(43-19)11-42-47(37,38)45-48(39,40)44-46(34,35)36/h3-7,9,12,17-19,22,29H,8,10-11H2,1-2H3,(H2,24,25)(H,37,38)(H,39,40)(H2,34,35,36)/t17?,18-,19-,22-/m1/s1. The molecular formula is C23H30N5O17P3. The van der Waals surface area contributed by atoms with Crippen LogP contribution in [-0.2, 0) is 42.9 Å². The van der Waals surface area contributed by atoms with Gasteiger partial charge in [0.25, 0.3) is 11.4 Å². The third-order valence-electron chi connectivity index (χ3n) is 6.92. The highest BCUT2D eigenvalue weighted by Crippen LogP contribution is 2.66. The maximum absolute atomic E-state index is 12.1. The zero-order chi connectivity index (χ0) is 35.8. The van der Waals surface area contributed by atoms with Gasteiger partial charge in [0.2, 0.25) is 0 Å². The summed E-state index contributed by atoms with van der Waals surface area (Å²) < 4.78 is 59.8. The molecule has 1 aliphatic heterocycles. The van der Waals surface area contributed by atoms with E-state index in [4.69, 9.17) is 25.0 Å². The molecule has 22 nitrogen and oxygen atoms in total. The number of aliphatic hydroxyl groups excluding tert-OH is 1. The largest absolute Gasteiger partial charge is 0.490 e. The Kier molecular flexibility index (Phi) is 11.2. The minimum absolute atomic E-state index is 0.151. The monoisotopic (exact) mass is 741 g/mol. The Morgan fingerprint density at radius 1 is 1.06 bits per heavy atom. The summed E-state index contributed by atoms with van der Waals surface area (Å²) in [5, 5.41) is 34.6. The molecule has 6 atom stereocenters. The van der Waals surface area contributed by atoms with E-state index in [9.17, 15) is 48.8 Å². The van der Waals surface area contributed by atoms with Gasteiger partial charge in [-0.3, -0.25) is 24.8 Å². The molecule has 0 aliphatic carbocycles. The van der Waals surface area contributed by atoms with Gasteiger partial charge in [0.05, 0.1) is 35.3 Å². The van der Waals surface area contributed by atoms with Gasteiger partial charge in [-0.1, -0.05) is 13.8 Å². The second-order valence-electron chi connectivity index (χ2n) is 10.7. The molecule has 0 radical (unpaired) electrons. The number of ether oxygens (including phenoxy) is 2. The number of nitrogens with two attached hydrogens (primary N) is 1. The number of hydrogen-bond acceptors (Lipinski definition) is 15. The van der Waals surface area contributed by atoms with E-state index in [-0.39, 0.29) is 29.9 Å². The fourth-order valence-electron chi connectivity index (χ4n) is 5.06. The van der Waals surface area contributed by atoms with Crippen molar-refractivity contribution >= 4 is 51.6 Å². The quantitative estimate of drug-likeness (QED) is 0.0738. The zero-order valence-electron chi connectivity index (χ0n) is 24.8. The van der Waals surface area contributed by atoms with Gasteiger partial charge in [-0.05, 0) is 18.1 Å². The van der Waals surface area contributed by atoms with E-state index in [1.807, 2.05) is 0 Å². The van der Waals surface area contributed by atoms with Crippen molar-refractivity contribution in [3.05, 3.63) is 68.0 Å². The Balaban J connectivity index is 1.57. The lowest BCUT2D eigenvalue weighted by Crippen LogP contribution is -2.26. The average Bonchev–Trinajstić information content (AvgIpc) is 3.50. The van der Waals surface area contributed by atoms with E-state index in [1.54, 1.807) is 13.8 Å². The van der Waals surface area contributed by atoms with Gasteiger partial charge < -0.3 is 44.5 Å². The van der Waals surface area contributed by atoms with Crippen LogP contribution in [0.15, 0.2) is 36.7 Å². The normalized spacial score (nSPS) is 21.6. The SMILES string of the molecule is CC(C)[C@@H](OCc1cn([C@H]2CC(O)[C@@H](COP(=O)(O)OP(=O)(O)OP(=O)(O)O)O2)c2nccc(N)c12)c1c([N+](=O)[O-])cccc1[N+](=O)[O-]. The van der Waals surface area contributed by atoms with E-state index in [1.165, 1.54) is 29.1 Å². The van der Waals surface area contributed by atoms with Gasteiger partial charge in [0, 0.05) is 47.6 Å². The summed E-state index contributed by atoms with van der Waals surface area (Å²) in [6, 6.07) is 4.96. The molecule has 0 saturated carbocycles. The Bertz CT molecular complexity index is 1820. The van der Waals surface area contributed by atoms with E-state index < -0.39 is 81.8 Å². The fraction of sp³-hybridized carbons (Fsp3) is 0.435. The van der Waals surface area contributed by atoms with Gasteiger partial charge in [-0.25, -0.2) is 18.7 Å².